The number of carbonyl (C=O) groups excluding carboxylic acids is 1. The molecule has 11 heteroatoms. The number of aromatic nitrogens is 2. The molecule has 1 saturated heterocycles. The fraction of sp³-hybridized carbons (Fsp3) is 0.318. The second-order valence-electron chi connectivity index (χ2n) is 7.55. The van der Waals surface area contributed by atoms with Crippen molar-refractivity contribution in [2.24, 2.45) is 0 Å². The van der Waals surface area contributed by atoms with Crippen LogP contribution >= 0.6 is 11.8 Å². The number of nitrogens with zero attached hydrogens (tertiary/aromatic N) is 3. The molecule has 0 aliphatic carbocycles. The number of thioether (sulfide) groups is 1. The summed E-state index contributed by atoms with van der Waals surface area (Å²) in [5, 5.41) is 11.0. The van der Waals surface area contributed by atoms with Gasteiger partial charge in [0.2, 0.25) is 21.8 Å². The number of benzene rings is 2. The normalized spacial score (nSPS) is 14.4. The van der Waals surface area contributed by atoms with Gasteiger partial charge < -0.3 is 14.5 Å². The lowest BCUT2D eigenvalue weighted by atomic mass is 10.2. The van der Waals surface area contributed by atoms with E-state index in [0.717, 1.165) is 30.2 Å². The molecule has 1 aliphatic heterocycles. The first-order chi connectivity index (χ1) is 15.9. The molecule has 0 radical (unpaired) electrons. The van der Waals surface area contributed by atoms with Gasteiger partial charge in [0.05, 0.1) is 23.4 Å². The number of rotatable bonds is 8. The predicted molar refractivity (Wildman–Crippen MR) is 125 cm³/mol. The summed E-state index contributed by atoms with van der Waals surface area (Å²) < 4.78 is 37.7. The fourth-order valence-electron chi connectivity index (χ4n) is 3.46. The van der Waals surface area contributed by atoms with Gasteiger partial charge in [-0.25, -0.2) is 8.42 Å². The zero-order valence-electron chi connectivity index (χ0n) is 18.3. The Morgan fingerprint density at radius 3 is 2.58 bits per heavy atom. The first-order valence-corrected chi connectivity index (χ1v) is 12.8. The lowest BCUT2D eigenvalue weighted by molar-refractivity contribution is -0.113. The van der Waals surface area contributed by atoms with Crippen molar-refractivity contribution in [3.63, 3.8) is 0 Å². The molecule has 2 heterocycles. The average molecular weight is 489 g/mol. The molecule has 1 N–H and O–H groups in total. The third-order valence-corrected chi connectivity index (χ3v) is 7.90. The van der Waals surface area contributed by atoms with Gasteiger partial charge in [-0.05, 0) is 61.7 Å². The Morgan fingerprint density at radius 2 is 1.88 bits per heavy atom. The maximum Gasteiger partial charge on any atom is 0.277 e. The van der Waals surface area contributed by atoms with Crippen molar-refractivity contribution in [1.82, 2.24) is 14.5 Å². The average Bonchev–Trinajstić information content (AvgIpc) is 3.51. The molecule has 0 atom stereocenters. The number of anilines is 1. The molecule has 4 rings (SSSR count). The maximum atomic E-state index is 12.7. The van der Waals surface area contributed by atoms with Gasteiger partial charge in [0, 0.05) is 18.7 Å². The minimum atomic E-state index is -3.48. The second-order valence-corrected chi connectivity index (χ2v) is 10.4. The highest BCUT2D eigenvalue weighted by atomic mass is 32.2. The Morgan fingerprint density at radius 1 is 1.15 bits per heavy atom. The lowest BCUT2D eigenvalue weighted by Gasteiger charge is -2.15. The van der Waals surface area contributed by atoms with E-state index in [1.165, 1.54) is 4.31 Å². The number of carbonyl (C=O) groups is 1. The van der Waals surface area contributed by atoms with Crippen molar-refractivity contribution >= 4 is 33.4 Å². The van der Waals surface area contributed by atoms with Crippen LogP contribution in [-0.2, 0) is 14.8 Å². The Bertz CT molecular complexity index is 1240. The summed E-state index contributed by atoms with van der Waals surface area (Å²) in [4.78, 5) is 12.6. The number of ether oxygens (including phenoxy) is 1. The molecule has 3 aromatic rings. The van der Waals surface area contributed by atoms with E-state index in [4.69, 9.17) is 9.15 Å². The van der Waals surface area contributed by atoms with Crippen molar-refractivity contribution in [3.8, 4) is 17.2 Å². The van der Waals surface area contributed by atoms with E-state index < -0.39 is 10.0 Å². The SMILES string of the molecule is COc1ccc(C)cc1NC(=O)CSc1nnc(-c2ccc(S(=O)(=O)N3CCCC3)cc2)o1. The first kappa shape index (κ1) is 23.3. The van der Waals surface area contributed by atoms with Crippen LogP contribution in [0.15, 0.2) is 57.0 Å². The molecule has 33 heavy (non-hydrogen) atoms. The van der Waals surface area contributed by atoms with E-state index in [-0.39, 0.29) is 27.7 Å². The maximum absolute atomic E-state index is 12.7. The molecule has 0 bridgehead atoms. The first-order valence-electron chi connectivity index (χ1n) is 10.4. The molecule has 1 aromatic heterocycles. The predicted octanol–water partition coefficient (Wildman–Crippen LogP) is 3.57. The minimum absolute atomic E-state index is 0.0751. The van der Waals surface area contributed by atoms with E-state index in [2.05, 4.69) is 15.5 Å². The largest absolute Gasteiger partial charge is 0.495 e. The Labute approximate surface area is 196 Å². The van der Waals surface area contributed by atoms with Crippen molar-refractivity contribution in [1.29, 1.82) is 0 Å². The number of amides is 1. The van der Waals surface area contributed by atoms with Crippen LogP contribution in [0.1, 0.15) is 18.4 Å². The van der Waals surface area contributed by atoms with Gasteiger partial charge in [-0.2, -0.15) is 4.31 Å². The molecule has 9 nitrogen and oxygen atoms in total. The second kappa shape index (κ2) is 9.94. The number of methoxy groups -OCH3 is 1. The van der Waals surface area contributed by atoms with Crippen LogP contribution in [0, 0.1) is 6.92 Å². The zero-order valence-corrected chi connectivity index (χ0v) is 19.9. The van der Waals surface area contributed by atoms with Crippen LogP contribution in [0.25, 0.3) is 11.5 Å². The topological polar surface area (TPSA) is 115 Å². The molecular formula is C22H24N4O5S2. The van der Waals surface area contributed by atoms with Crippen molar-refractivity contribution < 1.29 is 22.4 Å². The quantitative estimate of drug-likeness (QED) is 0.479. The molecule has 0 unspecified atom stereocenters. The zero-order chi connectivity index (χ0) is 23.4. The van der Waals surface area contributed by atoms with Gasteiger partial charge in [0.1, 0.15) is 5.75 Å². The fourth-order valence-corrected chi connectivity index (χ4v) is 5.55. The third kappa shape index (κ3) is 5.37. The van der Waals surface area contributed by atoms with Gasteiger partial charge >= 0.3 is 0 Å². The minimum Gasteiger partial charge on any atom is -0.495 e. The van der Waals surface area contributed by atoms with E-state index >= 15 is 0 Å². The van der Waals surface area contributed by atoms with Crippen molar-refractivity contribution in [2.45, 2.75) is 29.9 Å². The van der Waals surface area contributed by atoms with Crippen LogP contribution in [0.4, 0.5) is 5.69 Å². The lowest BCUT2D eigenvalue weighted by Crippen LogP contribution is -2.27. The van der Waals surface area contributed by atoms with Crippen LogP contribution in [-0.4, -0.2) is 54.8 Å². The Balaban J connectivity index is 1.37. The smallest absolute Gasteiger partial charge is 0.277 e. The van der Waals surface area contributed by atoms with E-state index in [0.29, 0.717) is 30.1 Å². The van der Waals surface area contributed by atoms with Crippen molar-refractivity contribution in [3.05, 3.63) is 48.0 Å². The van der Waals surface area contributed by atoms with Crippen molar-refractivity contribution in [2.75, 3.05) is 31.3 Å². The highest BCUT2D eigenvalue weighted by Gasteiger charge is 2.27. The summed E-state index contributed by atoms with van der Waals surface area (Å²) in [5.41, 5.74) is 2.20. The summed E-state index contributed by atoms with van der Waals surface area (Å²) in [6.07, 6.45) is 1.77. The molecule has 0 saturated carbocycles. The molecule has 1 fully saturated rings. The van der Waals surface area contributed by atoms with E-state index in [1.54, 1.807) is 37.4 Å². The van der Waals surface area contributed by atoms with Gasteiger partial charge in [0.15, 0.2) is 0 Å². The summed E-state index contributed by atoms with van der Waals surface area (Å²) in [7, 11) is -1.93. The molecule has 0 spiro atoms. The number of sulfonamides is 1. The van der Waals surface area contributed by atoms with Gasteiger partial charge in [0.25, 0.3) is 5.22 Å². The molecular weight excluding hydrogens is 464 g/mol. The van der Waals surface area contributed by atoms with Gasteiger partial charge in [-0.3, -0.25) is 4.79 Å². The highest BCUT2D eigenvalue weighted by molar-refractivity contribution is 7.99. The third-order valence-electron chi connectivity index (χ3n) is 5.17. The summed E-state index contributed by atoms with van der Waals surface area (Å²) in [6, 6.07) is 11.9. The Hall–Kier alpha value is -2.89. The monoisotopic (exact) mass is 488 g/mol. The van der Waals surface area contributed by atoms with Crippen LogP contribution in [0.3, 0.4) is 0 Å². The molecule has 1 amide bonds. The summed E-state index contributed by atoms with van der Waals surface area (Å²) >= 11 is 1.11. The Kier molecular flexibility index (Phi) is 7.01. The number of aryl methyl sites for hydroxylation is 1. The molecule has 174 valence electrons. The van der Waals surface area contributed by atoms with Gasteiger partial charge in [-0.15, -0.1) is 10.2 Å². The number of hydrogen-bond acceptors (Lipinski definition) is 8. The highest BCUT2D eigenvalue weighted by Crippen LogP contribution is 2.28. The number of nitrogens with one attached hydrogen (secondary N) is 1. The van der Waals surface area contributed by atoms with E-state index in [9.17, 15) is 13.2 Å². The number of hydrogen-bond donors (Lipinski definition) is 1. The van der Waals surface area contributed by atoms with Crippen LogP contribution < -0.4 is 10.1 Å². The van der Waals surface area contributed by atoms with Crippen LogP contribution in [0.5, 0.6) is 5.75 Å². The van der Waals surface area contributed by atoms with Gasteiger partial charge in [-0.1, -0.05) is 17.8 Å². The summed E-state index contributed by atoms with van der Waals surface area (Å²) in [5.74, 6) is 0.670. The molecule has 2 aromatic carbocycles. The molecule has 1 aliphatic rings. The standard InChI is InChI=1S/C22H24N4O5S2/c1-15-5-10-19(30-2)18(13-15)23-20(27)14-32-22-25-24-21(31-22)16-6-8-17(9-7-16)33(28,29)26-11-3-4-12-26/h5-10,13H,3-4,11-12,14H2,1-2H3,(H,23,27). The van der Waals surface area contributed by atoms with Crippen LogP contribution in [0.2, 0.25) is 0 Å². The van der Waals surface area contributed by atoms with E-state index in [1.807, 2.05) is 19.1 Å². The summed E-state index contributed by atoms with van der Waals surface area (Å²) in [6.45, 7) is 3.04.